The molecule has 0 spiro atoms. The standard InChI is InChI=1S/C24H20B.C12H28N2S2.C9H21P.C2H3N.Cu.Ni/c1-5-13-21(14-6-1)25(22-15-7-2-8-16-22,23-17-9-3-10-18-23)24-19-11-4-12-20-24;1-11(2,15)9-13(5)7-8-14(6)10-12(3,4)16;1-7(2)10(8(3)4)9(5)6;1-2-3;;/h1-20H;15-16H,7-10H2,1-6H3;7-9H,1-6H3;1H3;;/q-1;;;;+1;+2/p-1. The van der Waals surface area contributed by atoms with E-state index in [1.54, 1.807) is 6.07 Å². The Morgan fingerprint density at radius 3 is 0.893 bits per heavy atom. The number of nitrogens with zero attached hydrogens (tertiary/aromatic N) is 3. The summed E-state index contributed by atoms with van der Waals surface area (Å²) in [6.07, 6.45) is -1.22. The van der Waals surface area contributed by atoms with Crippen molar-refractivity contribution in [3.8, 4) is 6.07 Å². The Morgan fingerprint density at radius 1 is 0.554 bits per heavy atom. The van der Waals surface area contributed by atoms with Gasteiger partial charge in [0.05, 0.1) is 23.0 Å². The minimum Gasteiger partial charge on any atom is -0.785 e. The van der Waals surface area contributed by atoms with Crippen LogP contribution in [0.25, 0.3) is 0 Å². The molecule has 314 valence electrons. The third-order valence-electron chi connectivity index (χ3n) is 9.36. The molecule has 3 nitrogen and oxygen atoms in total. The Hall–Kier alpha value is -1.50. The van der Waals surface area contributed by atoms with Gasteiger partial charge in [0.25, 0.3) is 0 Å². The molecular formula is C47H71BCuN3NiPS2+. The molecule has 0 amide bonds. The third-order valence-corrected chi connectivity index (χ3v) is 13.6. The van der Waals surface area contributed by atoms with Crippen molar-refractivity contribution >= 4 is 61.2 Å². The summed E-state index contributed by atoms with van der Waals surface area (Å²) in [5, 5.41) is 7.32. The number of benzene rings is 4. The van der Waals surface area contributed by atoms with E-state index in [-0.39, 0.29) is 51.0 Å². The number of nitriles is 1. The second-order valence-corrected chi connectivity index (χ2v) is 23.4. The van der Waals surface area contributed by atoms with Crippen LogP contribution in [-0.2, 0) is 58.8 Å². The predicted octanol–water partition coefficient (Wildman–Crippen LogP) is 8.52. The first-order chi connectivity index (χ1) is 25.3. The van der Waals surface area contributed by atoms with E-state index in [0.717, 1.165) is 43.2 Å². The van der Waals surface area contributed by atoms with Crippen molar-refractivity contribution in [3.63, 3.8) is 0 Å². The van der Waals surface area contributed by atoms with Crippen molar-refractivity contribution in [2.45, 2.75) is 103 Å². The largest absolute Gasteiger partial charge is 2.00 e. The van der Waals surface area contributed by atoms with Crippen LogP contribution in [0, 0.1) is 11.3 Å². The van der Waals surface area contributed by atoms with Gasteiger partial charge in [0, 0.05) is 27.9 Å². The first-order valence-electron chi connectivity index (χ1n) is 19.6. The van der Waals surface area contributed by atoms with Gasteiger partial charge in [-0.2, -0.15) is 27.1 Å². The van der Waals surface area contributed by atoms with E-state index < -0.39 is 6.15 Å². The fourth-order valence-electron chi connectivity index (χ4n) is 7.92. The van der Waals surface area contributed by atoms with Crippen molar-refractivity contribution in [2.75, 3.05) is 40.3 Å². The fraction of sp³-hybridized carbons (Fsp3) is 0.468. The molecule has 0 saturated heterocycles. The van der Waals surface area contributed by atoms with Gasteiger partial charge in [-0.25, -0.2) is 0 Å². The van der Waals surface area contributed by atoms with Crippen LogP contribution in [0.4, 0.5) is 0 Å². The molecule has 4 aromatic carbocycles. The van der Waals surface area contributed by atoms with Gasteiger partial charge < -0.3 is 35.1 Å². The molecule has 0 saturated carbocycles. The summed E-state index contributed by atoms with van der Waals surface area (Å²) >= 11 is 10.7. The maximum Gasteiger partial charge on any atom is 2.00 e. The van der Waals surface area contributed by atoms with Crippen molar-refractivity contribution in [3.05, 3.63) is 121 Å². The van der Waals surface area contributed by atoms with Crippen LogP contribution in [0.1, 0.15) is 76.2 Å². The molecule has 0 radical (unpaired) electrons. The van der Waals surface area contributed by atoms with Crippen LogP contribution in [0.2, 0.25) is 0 Å². The topological polar surface area (TPSA) is 30.3 Å². The van der Waals surface area contributed by atoms with E-state index in [1.165, 1.54) is 28.8 Å². The summed E-state index contributed by atoms with van der Waals surface area (Å²) in [7, 11) is 4.16. The first-order valence-corrected chi connectivity index (χ1v) is 22.2. The van der Waals surface area contributed by atoms with Crippen LogP contribution in [-0.4, -0.2) is 82.7 Å². The number of hydrogen-bond acceptors (Lipinski definition) is 5. The van der Waals surface area contributed by atoms with Crippen molar-refractivity contribution < 1.29 is 33.6 Å². The SMILES string of the molecule is CC#N.CC(C)[PH+](C(C)C)C(C)C.CN(CCN(C)CC(C)(C)[S-])CC(C)(C)[S-].[Cu+].[Ni+2].c1ccc([B-](c2ccccc2)(c2ccccc2)c2ccccc2)cc1. The minimum atomic E-state index is -1.22. The Bertz CT molecular complexity index is 1380. The average Bonchev–Trinajstić information content (AvgIpc) is 3.09. The van der Waals surface area contributed by atoms with Gasteiger partial charge in [-0.1, -0.05) is 149 Å². The van der Waals surface area contributed by atoms with Crippen LogP contribution >= 0.6 is 7.92 Å². The second kappa shape index (κ2) is 28.8. The second-order valence-electron chi connectivity index (χ2n) is 16.7. The zero-order valence-electron chi connectivity index (χ0n) is 36.5. The van der Waals surface area contributed by atoms with Gasteiger partial charge in [0.2, 0.25) is 0 Å². The Balaban J connectivity index is 0. The molecule has 9 heteroatoms. The molecule has 4 rings (SSSR count). The van der Waals surface area contributed by atoms with E-state index in [4.69, 9.17) is 30.5 Å². The minimum absolute atomic E-state index is 0. The van der Waals surface area contributed by atoms with E-state index >= 15 is 0 Å². The van der Waals surface area contributed by atoms with Gasteiger partial charge in [0.1, 0.15) is 6.15 Å². The monoisotopic (exact) mass is 904 g/mol. The summed E-state index contributed by atoms with van der Waals surface area (Å²) in [4.78, 5) is 4.58. The number of likely N-dealkylation sites (N-methyl/N-ethyl adjacent to an activating group) is 2. The third kappa shape index (κ3) is 21.0. The molecule has 0 aliphatic carbocycles. The van der Waals surface area contributed by atoms with Crippen LogP contribution in [0.5, 0.6) is 0 Å². The molecule has 0 atom stereocenters. The quantitative estimate of drug-likeness (QED) is 0.0720. The summed E-state index contributed by atoms with van der Waals surface area (Å²) in [6.45, 7) is 28.0. The number of hydrogen-bond donors (Lipinski definition) is 0. The zero-order valence-corrected chi connectivity index (χ0v) is 41.0. The maximum atomic E-state index is 7.32. The number of rotatable bonds is 14. The molecule has 0 aromatic heterocycles. The smallest absolute Gasteiger partial charge is 0.785 e. The first kappa shape index (κ1) is 56.6. The van der Waals surface area contributed by atoms with Crippen LogP contribution < -0.4 is 21.9 Å². The Labute approximate surface area is 377 Å². The van der Waals surface area contributed by atoms with Gasteiger partial charge in [0.15, 0.2) is 0 Å². The normalized spacial score (nSPS) is 11.4. The molecular weight excluding hydrogens is 835 g/mol. The average molecular weight is 906 g/mol. The summed E-state index contributed by atoms with van der Waals surface area (Å²) in [5.41, 5.74) is 8.16. The van der Waals surface area contributed by atoms with Gasteiger partial charge in [-0.05, 0) is 68.7 Å². The zero-order chi connectivity index (χ0) is 41.0. The van der Waals surface area contributed by atoms with Crippen molar-refractivity contribution in [2.24, 2.45) is 0 Å². The molecule has 56 heavy (non-hydrogen) atoms. The van der Waals surface area contributed by atoms with E-state index in [1.807, 2.05) is 0 Å². The molecule has 0 unspecified atom stereocenters. The molecule has 0 bridgehead atoms. The maximum absolute atomic E-state index is 7.32. The van der Waals surface area contributed by atoms with Crippen molar-refractivity contribution in [1.82, 2.24) is 9.80 Å². The molecule has 0 fully saturated rings. The van der Waals surface area contributed by atoms with Gasteiger partial charge in [-0.15, -0.1) is 9.49 Å². The van der Waals surface area contributed by atoms with E-state index in [2.05, 4.69) is 214 Å². The predicted molar refractivity (Wildman–Crippen MR) is 253 cm³/mol. The molecule has 0 N–H and O–H groups in total. The van der Waals surface area contributed by atoms with Crippen LogP contribution in [0.3, 0.4) is 0 Å². The van der Waals surface area contributed by atoms with Crippen LogP contribution in [0.15, 0.2) is 121 Å². The molecule has 0 aliphatic heterocycles. The summed E-state index contributed by atoms with van der Waals surface area (Å²) < 4.78 is -0.0742. The van der Waals surface area contributed by atoms with Gasteiger partial charge in [-0.3, -0.25) is 0 Å². The molecule has 0 aliphatic rings. The fourth-order valence-corrected chi connectivity index (χ4v) is 12.4. The summed E-state index contributed by atoms with van der Waals surface area (Å²) in [5.74, 6) is 0. The molecule has 4 aromatic rings. The summed E-state index contributed by atoms with van der Waals surface area (Å²) in [6, 6.07) is 45.3. The Morgan fingerprint density at radius 2 is 0.750 bits per heavy atom. The Kier molecular flexibility index (Phi) is 29.1. The van der Waals surface area contributed by atoms with E-state index in [9.17, 15) is 0 Å². The van der Waals surface area contributed by atoms with E-state index in [0.29, 0.717) is 0 Å². The van der Waals surface area contributed by atoms with Crippen molar-refractivity contribution in [1.29, 1.82) is 5.26 Å². The molecule has 0 heterocycles. The van der Waals surface area contributed by atoms with Gasteiger partial charge >= 0.3 is 33.6 Å².